The van der Waals surface area contributed by atoms with Crippen LogP contribution in [0, 0.1) is 0 Å². The summed E-state index contributed by atoms with van der Waals surface area (Å²) in [6.45, 7) is 3.69. The number of hydrogen-bond donors (Lipinski definition) is 1. The Morgan fingerprint density at radius 2 is 1.77 bits per heavy atom. The number of benzene rings is 1. The van der Waals surface area contributed by atoms with Crippen molar-refractivity contribution >= 4 is 17.8 Å². The van der Waals surface area contributed by atoms with E-state index in [0.717, 1.165) is 32.1 Å². The summed E-state index contributed by atoms with van der Waals surface area (Å²) >= 11 is 0. The Morgan fingerprint density at radius 1 is 1.08 bits per heavy atom. The third kappa shape index (κ3) is 7.09. The third-order valence-corrected chi connectivity index (χ3v) is 3.99. The molecule has 0 unspecified atom stereocenters. The summed E-state index contributed by atoms with van der Waals surface area (Å²) in [5.41, 5.74) is 0.560. The molecule has 1 rings (SSSR count). The Morgan fingerprint density at radius 3 is 2.42 bits per heavy atom. The molecule has 0 saturated heterocycles. The molecule has 0 bridgehead atoms. The lowest BCUT2D eigenvalue weighted by atomic mass is 10.0. The normalized spacial score (nSPS) is 11.3. The second-order valence-electron chi connectivity index (χ2n) is 5.90. The van der Waals surface area contributed by atoms with Crippen LogP contribution in [0.4, 0.5) is 0 Å². The van der Waals surface area contributed by atoms with Crippen LogP contribution in [0.1, 0.15) is 59.2 Å². The fourth-order valence-corrected chi connectivity index (χ4v) is 2.53. The molecule has 6 heteroatoms. The largest absolute Gasteiger partial charge is 0.467 e. The fourth-order valence-electron chi connectivity index (χ4n) is 2.53. The molecule has 0 heterocycles. The van der Waals surface area contributed by atoms with Crippen molar-refractivity contribution in [3.8, 4) is 0 Å². The average Bonchev–Trinajstić information content (AvgIpc) is 2.68. The van der Waals surface area contributed by atoms with Crippen LogP contribution in [0.25, 0.3) is 0 Å². The highest BCUT2D eigenvalue weighted by Crippen LogP contribution is 2.11. The predicted molar refractivity (Wildman–Crippen MR) is 99.0 cm³/mol. The van der Waals surface area contributed by atoms with E-state index in [1.165, 1.54) is 20.3 Å². The van der Waals surface area contributed by atoms with Gasteiger partial charge in [0, 0.05) is 5.56 Å². The van der Waals surface area contributed by atoms with Gasteiger partial charge < -0.3 is 14.8 Å². The van der Waals surface area contributed by atoms with Gasteiger partial charge in [-0.05, 0) is 37.5 Å². The van der Waals surface area contributed by atoms with Crippen LogP contribution in [-0.4, -0.2) is 38.1 Å². The van der Waals surface area contributed by atoms with Gasteiger partial charge in [-0.15, -0.1) is 6.58 Å². The molecular formula is C20H27NO5. The van der Waals surface area contributed by atoms with E-state index in [4.69, 9.17) is 4.74 Å². The summed E-state index contributed by atoms with van der Waals surface area (Å²) in [6.07, 6.45) is 7.26. The first kappa shape index (κ1) is 21.4. The van der Waals surface area contributed by atoms with Crippen molar-refractivity contribution in [2.45, 2.75) is 44.6 Å². The summed E-state index contributed by atoms with van der Waals surface area (Å²) in [5.74, 6) is -1.44. The smallest absolute Gasteiger partial charge is 0.337 e. The van der Waals surface area contributed by atoms with Gasteiger partial charge >= 0.3 is 11.9 Å². The van der Waals surface area contributed by atoms with E-state index in [1.54, 1.807) is 18.2 Å². The van der Waals surface area contributed by atoms with Crippen LogP contribution in [0.2, 0.25) is 0 Å². The highest BCUT2D eigenvalue weighted by Gasteiger charge is 2.22. The molecule has 1 N–H and O–H groups in total. The molecule has 0 aliphatic rings. The van der Waals surface area contributed by atoms with Crippen molar-refractivity contribution in [1.29, 1.82) is 0 Å². The van der Waals surface area contributed by atoms with E-state index in [-0.39, 0.29) is 11.1 Å². The molecule has 0 saturated carbocycles. The zero-order valence-corrected chi connectivity index (χ0v) is 15.5. The van der Waals surface area contributed by atoms with Gasteiger partial charge in [-0.1, -0.05) is 31.4 Å². The summed E-state index contributed by atoms with van der Waals surface area (Å²) in [4.78, 5) is 36.0. The van der Waals surface area contributed by atoms with E-state index >= 15 is 0 Å². The lowest BCUT2D eigenvalue weighted by Crippen LogP contribution is -2.41. The number of methoxy groups -OCH3 is 2. The Balaban J connectivity index is 2.66. The van der Waals surface area contributed by atoms with Crippen molar-refractivity contribution < 1.29 is 23.9 Å². The minimum Gasteiger partial charge on any atom is -0.467 e. The van der Waals surface area contributed by atoms with Gasteiger partial charge in [0.15, 0.2) is 0 Å². The number of ether oxygens (including phenoxy) is 2. The van der Waals surface area contributed by atoms with Gasteiger partial charge in [0.05, 0.1) is 19.8 Å². The van der Waals surface area contributed by atoms with E-state index in [1.807, 2.05) is 6.08 Å². The molecule has 26 heavy (non-hydrogen) atoms. The second kappa shape index (κ2) is 11.8. The minimum absolute atomic E-state index is 0.275. The standard InChI is InChI=1S/C20H27NO5/c1-4-5-6-7-8-9-13-17(20(24)26-3)21-18(22)15-11-10-12-16(14-15)19(23)25-2/h4,10-12,14,17H,1,5-9,13H2,2-3H3,(H,21,22)/t17-/m1/s1. The number of carbonyl (C=O) groups is 3. The van der Waals surface area contributed by atoms with Crippen LogP contribution < -0.4 is 5.32 Å². The van der Waals surface area contributed by atoms with E-state index in [2.05, 4.69) is 16.6 Å². The molecule has 0 radical (unpaired) electrons. The zero-order chi connectivity index (χ0) is 19.4. The van der Waals surface area contributed by atoms with Gasteiger partial charge in [0.25, 0.3) is 5.91 Å². The van der Waals surface area contributed by atoms with Crippen LogP contribution in [0.3, 0.4) is 0 Å². The molecular weight excluding hydrogens is 334 g/mol. The number of rotatable bonds is 11. The molecule has 1 atom stereocenters. The molecule has 6 nitrogen and oxygen atoms in total. The maximum atomic E-state index is 12.4. The van der Waals surface area contributed by atoms with Gasteiger partial charge in [-0.25, -0.2) is 9.59 Å². The van der Waals surface area contributed by atoms with Gasteiger partial charge in [0.1, 0.15) is 6.04 Å². The van der Waals surface area contributed by atoms with E-state index < -0.39 is 23.9 Å². The molecule has 1 aromatic carbocycles. The summed E-state index contributed by atoms with van der Waals surface area (Å²) in [7, 11) is 2.57. The summed E-state index contributed by atoms with van der Waals surface area (Å²) in [6, 6.07) is 5.45. The number of carbonyl (C=O) groups excluding carboxylic acids is 3. The fraction of sp³-hybridized carbons (Fsp3) is 0.450. The minimum atomic E-state index is -0.714. The first-order valence-corrected chi connectivity index (χ1v) is 8.71. The highest BCUT2D eigenvalue weighted by atomic mass is 16.5. The molecule has 0 spiro atoms. The van der Waals surface area contributed by atoms with Crippen LogP contribution >= 0.6 is 0 Å². The van der Waals surface area contributed by atoms with E-state index in [0.29, 0.717) is 6.42 Å². The van der Waals surface area contributed by atoms with Crippen molar-refractivity contribution in [1.82, 2.24) is 5.32 Å². The van der Waals surface area contributed by atoms with Crippen molar-refractivity contribution in [2.24, 2.45) is 0 Å². The van der Waals surface area contributed by atoms with E-state index in [9.17, 15) is 14.4 Å². The Kier molecular flexibility index (Phi) is 9.75. The lowest BCUT2D eigenvalue weighted by Gasteiger charge is -2.16. The number of amides is 1. The first-order valence-electron chi connectivity index (χ1n) is 8.71. The second-order valence-corrected chi connectivity index (χ2v) is 5.90. The number of nitrogens with one attached hydrogen (secondary N) is 1. The third-order valence-electron chi connectivity index (χ3n) is 3.99. The first-order chi connectivity index (χ1) is 12.5. The molecule has 0 fully saturated rings. The number of hydrogen-bond acceptors (Lipinski definition) is 5. The topological polar surface area (TPSA) is 81.7 Å². The van der Waals surface area contributed by atoms with Crippen LogP contribution in [0.5, 0.6) is 0 Å². The maximum absolute atomic E-state index is 12.4. The summed E-state index contributed by atoms with van der Waals surface area (Å²) < 4.78 is 9.43. The highest BCUT2D eigenvalue weighted by molar-refractivity contribution is 5.99. The van der Waals surface area contributed by atoms with Crippen LogP contribution in [-0.2, 0) is 14.3 Å². The molecule has 0 aromatic heterocycles. The lowest BCUT2D eigenvalue weighted by molar-refractivity contribution is -0.143. The quantitative estimate of drug-likeness (QED) is 0.372. The maximum Gasteiger partial charge on any atom is 0.337 e. The van der Waals surface area contributed by atoms with Gasteiger partial charge in [-0.2, -0.15) is 0 Å². The monoisotopic (exact) mass is 361 g/mol. The number of esters is 2. The average molecular weight is 361 g/mol. The van der Waals surface area contributed by atoms with Gasteiger partial charge in [-0.3, -0.25) is 4.79 Å². The molecule has 142 valence electrons. The predicted octanol–water partition coefficient (Wildman–Crippen LogP) is 3.27. The molecule has 0 aliphatic carbocycles. The Labute approximate surface area is 154 Å². The van der Waals surface area contributed by atoms with Gasteiger partial charge in [0.2, 0.25) is 0 Å². The zero-order valence-electron chi connectivity index (χ0n) is 15.5. The number of allylic oxidation sites excluding steroid dienone is 1. The SMILES string of the molecule is C=CCCCCCC[C@@H](NC(=O)c1cccc(C(=O)OC)c1)C(=O)OC. The molecule has 0 aliphatic heterocycles. The van der Waals surface area contributed by atoms with Crippen molar-refractivity contribution in [3.63, 3.8) is 0 Å². The summed E-state index contributed by atoms with van der Waals surface area (Å²) in [5, 5.41) is 2.69. The van der Waals surface area contributed by atoms with Crippen LogP contribution in [0.15, 0.2) is 36.9 Å². The molecule has 1 aromatic rings. The van der Waals surface area contributed by atoms with Crippen molar-refractivity contribution in [3.05, 3.63) is 48.0 Å². The van der Waals surface area contributed by atoms with Crippen molar-refractivity contribution in [2.75, 3.05) is 14.2 Å². The Bertz CT molecular complexity index is 626. The number of unbranched alkanes of at least 4 members (excludes halogenated alkanes) is 4. The molecule has 1 amide bonds. The Hall–Kier alpha value is -2.63.